The Bertz CT molecular complexity index is 406. The molecule has 0 aromatic rings. The van der Waals surface area contributed by atoms with E-state index >= 15 is 0 Å². The number of guanidine groups is 1. The second-order valence-corrected chi connectivity index (χ2v) is 7.87. The second-order valence-electron chi connectivity index (χ2n) is 7.87. The number of aliphatic hydroxyl groups excluding tert-OH is 1. The molecule has 0 amide bonds. The molecule has 0 saturated carbocycles. The predicted octanol–water partition coefficient (Wildman–Crippen LogP) is 3.42. The van der Waals surface area contributed by atoms with Gasteiger partial charge in [-0.25, -0.2) is 0 Å². The zero-order valence-electron chi connectivity index (χ0n) is 17.9. The Kier molecular flexibility index (Phi) is 14.5. The maximum atomic E-state index is 9.26. The van der Waals surface area contributed by atoms with Gasteiger partial charge in [0.1, 0.15) is 0 Å². The van der Waals surface area contributed by atoms with Gasteiger partial charge in [-0.1, -0.05) is 13.3 Å². The lowest BCUT2D eigenvalue weighted by Gasteiger charge is -2.35. The maximum Gasteiger partial charge on any atom is 0.193 e. The average molecular weight is 511 g/mol. The van der Waals surface area contributed by atoms with Crippen LogP contribution in [0.4, 0.5) is 0 Å². The topological polar surface area (TPSA) is 66.3 Å². The van der Waals surface area contributed by atoms with Crippen LogP contribution in [0.5, 0.6) is 0 Å². The molecule has 2 heterocycles. The number of ether oxygens (including phenoxy) is 2. The van der Waals surface area contributed by atoms with Crippen molar-refractivity contribution in [2.24, 2.45) is 10.9 Å². The van der Waals surface area contributed by atoms with Crippen LogP contribution in [0, 0.1) is 5.92 Å². The molecule has 2 N–H and O–H groups in total. The van der Waals surface area contributed by atoms with E-state index in [2.05, 4.69) is 24.1 Å². The van der Waals surface area contributed by atoms with Gasteiger partial charge >= 0.3 is 0 Å². The molecule has 2 fully saturated rings. The number of aliphatic imine (C=N–C) groups is 1. The maximum absolute atomic E-state index is 9.26. The highest BCUT2D eigenvalue weighted by Crippen LogP contribution is 2.18. The normalized spacial score (nSPS) is 22.6. The number of aliphatic hydroxyl groups is 1. The molecule has 166 valence electrons. The van der Waals surface area contributed by atoms with Crippen LogP contribution in [0.3, 0.4) is 0 Å². The molecule has 2 aliphatic heterocycles. The van der Waals surface area contributed by atoms with Crippen molar-refractivity contribution in [1.29, 1.82) is 0 Å². The summed E-state index contributed by atoms with van der Waals surface area (Å²) >= 11 is 0. The van der Waals surface area contributed by atoms with Gasteiger partial charge in [0.15, 0.2) is 5.96 Å². The number of piperidine rings is 1. The van der Waals surface area contributed by atoms with Crippen molar-refractivity contribution in [3.8, 4) is 0 Å². The summed E-state index contributed by atoms with van der Waals surface area (Å²) in [6.07, 6.45) is 9.46. The lowest BCUT2D eigenvalue weighted by atomic mass is 10.0. The molecule has 2 unspecified atom stereocenters. The summed E-state index contributed by atoms with van der Waals surface area (Å²) in [5.74, 6) is 1.50. The van der Waals surface area contributed by atoms with Crippen molar-refractivity contribution < 1.29 is 14.6 Å². The number of rotatable bonds is 10. The third-order valence-electron chi connectivity index (χ3n) is 5.60. The Morgan fingerprint density at radius 2 is 2.00 bits per heavy atom. The van der Waals surface area contributed by atoms with E-state index in [-0.39, 0.29) is 30.6 Å². The first-order valence-corrected chi connectivity index (χ1v) is 11.1. The third kappa shape index (κ3) is 9.59. The first kappa shape index (κ1) is 25.9. The summed E-state index contributed by atoms with van der Waals surface area (Å²) in [5.41, 5.74) is 0. The molecule has 0 bridgehead atoms. The molecule has 2 saturated heterocycles. The smallest absolute Gasteiger partial charge is 0.193 e. The summed E-state index contributed by atoms with van der Waals surface area (Å²) < 4.78 is 11.9. The molecule has 2 atom stereocenters. The number of halogens is 1. The minimum Gasteiger partial charge on any atom is -0.396 e. The van der Waals surface area contributed by atoms with Crippen molar-refractivity contribution in [3.63, 3.8) is 0 Å². The summed E-state index contributed by atoms with van der Waals surface area (Å²) in [6.45, 7) is 9.86. The average Bonchev–Trinajstić information content (AvgIpc) is 2.71. The first-order chi connectivity index (χ1) is 13.3. The molecule has 0 radical (unpaired) electrons. The highest BCUT2D eigenvalue weighted by atomic mass is 127. The molecule has 0 aromatic carbocycles. The highest BCUT2D eigenvalue weighted by Gasteiger charge is 2.24. The minimum atomic E-state index is 0. The summed E-state index contributed by atoms with van der Waals surface area (Å²) in [4.78, 5) is 7.24. The largest absolute Gasteiger partial charge is 0.396 e. The number of nitrogens with one attached hydrogen (secondary N) is 1. The molecular weight excluding hydrogens is 469 g/mol. The lowest BCUT2D eigenvalue weighted by Crippen LogP contribution is -2.47. The van der Waals surface area contributed by atoms with Crippen LogP contribution in [0.25, 0.3) is 0 Å². The van der Waals surface area contributed by atoms with E-state index in [1.54, 1.807) is 0 Å². The lowest BCUT2D eigenvalue weighted by molar-refractivity contribution is -0.0721. The van der Waals surface area contributed by atoms with Gasteiger partial charge in [-0.15, -0.1) is 24.0 Å². The third-order valence-corrected chi connectivity index (χ3v) is 5.60. The van der Waals surface area contributed by atoms with Crippen LogP contribution in [0.15, 0.2) is 4.99 Å². The number of hydrogen-bond acceptors (Lipinski definition) is 4. The zero-order valence-corrected chi connectivity index (χ0v) is 20.2. The van der Waals surface area contributed by atoms with Gasteiger partial charge in [-0.05, 0) is 57.8 Å². The van der Waals surface area contributed by atoms with Gasteiger partial charge in [-0.3, -0.25) is 4.99 Å². The van der Waals surface area contributed by atoms with Crippen molar-refractivity contribution in [3.05, 3.63) is 0 Å². The second kappa shape index (κ2) is 15.7. The van der Waals surface area contributed by atoms with Crippen molar-refractivity contribution in [2.45, 2.75) is 77.4 Å². The molecule has 2 rings (SSSR count). The predicted molar refractivity (Wildman–Crippen MR) is 126 cm³/mol. The van der Waals surface area contributed by atoms with Gasteiger partial charge in [0.2, 0.25) is 0 Å². The Labute approximate surface area is 188 Å². The monoisotopic (exact) mass is 511 g/mol. The Morgan fingerprint density at radius 1 is 1.21 bits per heavy atom. The van der Waals surface area contributed by atoms with Gasteiger partial charge in [0.25, 0.3) is 0 Å². The molecular formula is C21H42IN3O3. The zero-order chi connectivity index (χ0) is 19.3. The summed E-state index contributed by atoms with van der Waals surface area (Å²) in [5, 5.41) is 12.7. The van der Waals surface area contributed by atoms with Gasteiger partial charge < -0.3 is 24.8 Å². The molecule has 0 spiro atoms. The fraction of sp³-hybridized carbons (Fsp3) is 0.952. The van der Waals surface area contributed by atoms with Crippen molar-refractivity contribution in [1.82, 2.24) is 10.2 Å². The van der Waals surface area contributed by atoms with Crippen LogP contribution in [-0.4, -0.2) is 74.2 Å². The van der Waals surface area contributed by atoms with Crippen LogP contribution in [-0.2, 0) is 9.47 Å². The van der Waals surface area contributed by atoms with E-state index in [0.29, 0.717) is 18.1 Å². The Hall–Kier alpha value is -0.120. The summed E-state index contributed by atoms with van der Waals surface area (Å²) in [7, 11) is 0. The molecule has 0 aliphatic carbocycles. The fourth-order valence-electron chi connectivity index (χ4n) is 3.98. The first-order valence-electron chi connectivity index (χ1n) is 11.1. The molecule has 0 aromatic heterocycles. The van der Waals surface area contributed by atoms with Crippen LogP contribution < -0.4 is 5.32 Å². The quantitative estimate of drug-likeness (QED) is 0.267. The minimum absolute atomic E-state index is 0. The standard InChI is InChI=1S/C21H41N3O3.HI/c1-3-7-18(11-14-25)16-23-21(22-4-2)24-12-9-19(10-13-24)27-17-20-8-5-6-15-26-20;/h18-20,25H,3-17H2,1-2H3,(H,22,23);1H. The summed E-state index contributed by atoms with van der Waals surface area (Å²) in [6, 6.07) is 0. The number of likely N-dealkylation sites (tertiary alicyclic amines) is 1. The Morgan fingerprint density at radius 3 is 2.61 bits per heavy atom. The van der Waals surface area contributed by atoms with E-state index in [1.165, 1.54) is 12.8 Å². The van der Waals surface area contributed by atoms with Gasteiger partial charge in [0.05, 0.1) is 18.8 Å². The van der Waals surface area contributed by atoms with E-state index in [4.69, 9.17) is 14.5 Å². The van der Waals surface area contributed by atoms with E-state index < -0.39 is 0 Å². The SMILES string of the molecule is CCCC(CCO)CN=C(NCC)N1CCC(OCC2CCCCO2)CC1.I. The number of hydrogen-bond donors (Lipinski definition) is 2. The fourth-order valence-corrected chi connectivity index (χ4v) is 3.98. The van der Waals surface area contributed by atoms with Crippen LogP contribution in [0.1, 0.15) is 65.2 Å². The Balaban J connectivity index is 0.00000392. The van der Waals surface area contributed by atoms with Gasteiger partial charge in [-0.2, -0.15) is 0 Å². The van der Waals surface area contributed by atoms with Crippen LogP contribution in [0.2, 0.25) is 0 Å². The molecule has 6 nitrogen and oxygen atoms in total. The number of nitrogens with zero attached hydrogens (tertiary/aromatic N) is 2. The molecule has 2 aliphatic rings. The molecule has 7 heteroatoms. The van der Waals surface area contributed by atoms with E-state index in [1.807, 2.05) is 0 Å². The molecule has 28 heavy (non-hydrogen) atoms. The van der Waals surface area contributed by atoms with E-state index in [9.17, 15) is 5.11 Å². The highest BCUT2D eigenvalue weighted by molar-refractivity contribution is 14.0. The van der Waals surface area contributed by atoms with Gasteiger partial charge in [0, 0.05) is 39.4 Å². The van der Waals surface area contributed by atoms with Crippen LogP contribution >= 0.6 is 24.0 Å². The van der Waals surface area contributed by atoms with Crippen molar-refractivity contribution in [2.75, 3.05) is 46.0 Å². The van der Waals surface area contributed by atoms with E-state index in [0.717, 1.165) is 83.9 Å². The van der Waals surface area contributed by atoms with Crippen molar-refractivity contribution >= 4 is 29.9 Å².